The molecule has 3 heteroatoms. The third kappa shape index (κ3) is 3.98. The Balaban J connectivity index is 1.49. The number of fused-ring (bicyclic) bond motifs is 1. The van der Waals surface area contributed by atoms with Crippen molar-refractivity contribution in [2.45, 2.75) is 38.1 Å². The average Bonchev–Trinajstić information content (AvgIpc) is 2.59. The number of ether oxygens (including phenoxy) is 1. The van der Waals surface area contributed by atoms with Crippen molar-refractivity contribution in [3.8, 4) is 0 Å². The third-order valence-electron chi connectivity index (χ3n) is 4.88. The largest absolute Gasteiger partial charge is 0.462 e. The van der Waals surface area contributed by atoms with E-state index < -0.39 is 0 Å². The summed E-state index contributed by atoms with van der Waals surface area (Å²) >= 11 is 0. The summed E-state index contributed by atoms with van der Waals surface area (Å²) in [6, 6.07) is 10.5. The summed E-state index contributed by atoms with van der Waals surface area (Å²) in [7, 11) is 0. The smallest absolute Gasteiger partial charge is 0.330 e. The van der Waals surface area contributed by atoms with Crippen molar-refractivity contribution in [1.82, 2.24) is 4.90 Å². The Kier molecular flexibility index (Phi) is 5.28. The number of rotatable bonds is 4. The lowest BCUT2D eigenvalue weighted by Crippen LogP contribution is -2.49. The second kappa shape index (κ2) is 7.59. The lowest BCUT2D eigenvalue weighted by atomic mass is 9.84. The molecule has 2 atom stereocenters. The van der Waals surface area contributed by atoms with Crippen LogP contribution in [0.5, 0.6) is 0 Å². The van der Waals surface area contributed by atoms with Crippen molar-refractivity contribution in [2.24, 2.45) is 5.92 Å². The fourth-order valence-corrected chi connectivity index (χ4v) is 3.74. The summed E-state index contributed by atoms with van der Waals surface area (Å²) < 4.78 is 5.50. The molecule has 0 amide bonds. The van der Waals surface area contributed by atoms with Gasteiger partial charge in [-0.05, 0) is 50.4 Å². The van der Waals surface area contributed by atoms with E-state index in [1.165, 1.54) is 51.3 Å². The minimum absolute atomic E-state index is 0.225. The Hall–Kier alpha value is -1.61. The molecule has 2 fully saturated rings. The summed E-state index contributed by atoms with van der Waals surface area (Å²) in [4.78, 5) is 14.5. The van der Waals surface area contributed by atoms with Gasteiger partial charge in [0.1, 0.15) is 0 Å². The van der Waals surface area contributed by atoms with Crippen molar-refractivity contribution < 1.29 is 9.53 Å². The highest BCUT2D eigenvalue weighted by molar-refractivity contribution is 5.87. The molecule has 118 valence electrons. The fraction of sp³-hybridized carbons (Fsp3) is 0.526. The van der Waals surface area contributed by atoms with Crippen LogP contribution < -0.4 is 0 Å². The molecule has 1 aromatic rings. The van der Waals surface area contributed by atoms with Crippen LogP contribution in [-0.4, -0.2) is 36.6 Å². The SMILES string of the molecule is O=C(/C=C/c1ccccc1)OCC1CCCN2CCCCC12. The van der Waals surface area contributed by atoms with Gasteiger partial charge in [0.15, 0.2) is 0 Å². The van der Waals surface area contributed by atoms with E-state index in [1.807, 2.05) is 36.4 Å². The standard InChI is InChI=1S/C19H25NO2/c21-19(12-11-16-7-2-1-3-8-16)22-15-17-9-6-14-20-13-5-4-10-18(17)20/h1-3,7-8,11-12,17-18H,4-6,9-10,13-15H2/b12-11+. The molecule has 0 bridgehead atoms. The van der Waals surface area contributed by atoms with Gasteiger partial charge >= 0.3 is 5.97 Å². The van der Waals surface area contributed by atoms with E-state index in [-0.39, 0.29) is 5.97 Å². The van der Waals surface area contributed by atoms with Crippen LogP contribution in [0.25, 0.3) is 6.08 Å². The molecule has 0 radical (unpaired) electrons. The van der Waals surface area contributed by atoms with Crippen LogP contribution in [0.3, 0.4) is 0 Å². The zero-order valence-corrected chi connectivity index (χ0v) is 13.1. The first kappa shape index (κ1) is 15.3. The second-order valence-corrected chi connectivity index (χ2v) is 6.38. The van der Waals surface area contributed by atoms with E-state index in [9.17, 15) is 4.79 Å². The summed E-state index contributed by atoms with van der Waals surface area (Å²) in [5.41, 5.74) is 1.02. The van der Waals surface area contributed by atoms with Gasteiger partial charge in [0, 0.05) is 18.0 Å². The zero-order valence-electron chi connectivity index (χ0n) is 13.1. The molecule has 2 saturated heterocycles. The quantitative estimate of drug-likeness (QED) is 0.629. The van der Waals surface area contributed by atoms with Gasteiger partial charge in [-0.2, -0.15) is 0 Å². The van der Waals surface area contributed by atoms with Crippen LogP contribution in [-0.2, 0) is 9.53 Å². The van der Waals surface area contributed by atoms with Crippen LogP contribution in [0.1, 0.15) is 37.7 Å². The predicted molar refractivity (Wildman–Crippen MR) is 88.4 cm³/mol. The van der Waals surface area contributed by atoms with Crippen LogP contribution >= 0.6 is 0 Å². The number of nitrogens with zero attached hydrogens (tertiary/aromatic N) is 1. The Morgan fingerprint density at radius 3 is 2.82 bits per heavy atom. The lowest BCUT2D eigenvalue weighted by Gasteiger charge is -2.44. The molecule has 1 aromatic carbocycles. The number of hydrogen-bond acceptors (Lipinski definition) is 3. The van der Waals surface area contributed by atoms with Gasteiger partial charge in [0.25, 0.3) is 0 Å². The molecule has 2 aliphatic heterocycles. The number of carbonyl (C=O) groups excluding carboxylic acids is 1. The molecule has 3 nitrogen and oxygen atoms in total. The van der Waals surface area contributed by atoms with Crippen LogP contribution in [0.15, 0.2) is 36.4 Å². The first-order valence-corrected chi connectivity index (χ1v) is 8.47. The van der Waals surface area contributed by atoms with Crippen molar-refractivity contribution >= 4 is 12.0 Å². The van der Waals surface area contributed by atoms with Gasteiger partial charge in [0.2, 0.25) is 0 Å². The van der Waals surface area contributed by atoms with Gasteiger partial charge in [-0.25, -0.2) is 4.79 Å². The number of carbonyl (C=O) groups is 1. The highest BCUT2D eigenvalue weighted by atomic mass is 16.5. The van der Waals surface area contributed by atoms with Crippen LogP contribution in [0, 0.1) is 5.92 Å². The number of hydrogen-bond donors (Lipinski definition) is 0. The first-order chi connectivity index (χ1) is 10.8. The van der Waals surface area contributed by atoms with Crippen LogP contribution in [0.4, 0.5) is 0 Å². The molecular weight excluding hydrogens is 274 g/mol. The van der Waals surface area contributed by atoms with Crippen molar-refractivity contribution in [1.29, 1.82) is 0 Å². The highest BCUT2D eigenvalue weighted by Gasteiger charge is 2.33. The van der Waals surface area contributed by atoms with Crippen molar-refractivity contribution in [2.75, 3.05) is 19.7 Å². The van der Waals surface area contributed by atoms with E-state index in [0.29, 0.717) is 18.6 Å². The van der Waals surface area contributed by atoms with Gasteiger partial charge in [-0.3, -0.25) is 4.90 Å². The molecule has 0 saturated carbocycles. The van der Waals surface area contributed by atoms with Crippen molar-refractivity contribution in [3.63, 3.8) is 0 Å². The molecule has 0 spiro atoms. The summed E-state index contributed by atoms with van der Waals surface area (Å²) in [5, 5.41) is 0. The maximum atomic E-state index is 11.9. The minimum Gasteiger partial charge on any atom is -0.462 e. The van der Waals surface area contributed by atoms with E-state index in [0.717, 1.165) is 5.56 Å². The molecule has 0 aromatic heterocycles. The Labute approximate surface area is 133 Å². The van der Waals surface area contributed by atoms with Gasteiger partial charge < -0.3 is 4.74 Å². The normalized spacial score (nSPS) is 25.8. The fourth-order valence-electron chi connectivity index (χ4n) is 3.74. The minimum atomic E-state index is -0.225. The Morgan fingerprint density at radius 1 is 1.14 bits per heavy atom. The first-order valence-electron chi connectivity index (χ1n) is 8.47. The third-order valence-corrected chi connectivity index (χ3v) is 4.88. The molecule has 2 aliphatic rings. The number of esters is 1. The maximum absolute atomic E-state index is 11.9. The van der Waals surface area contributed by atoms with Crippen LogP contribution in [0.2, 0.25) is 0 Å². The summed E-state index contributed by atoms with van der Waals surface area (Å²) in [6.07, 6.45) is 9.69. The molecule has 2 unspecified atom stereocenters. The molecule has 0 N–H and O–H groups in total. The topological polar surface area (TPSA) is 29.5 Å². The lowest BCUT2D eigenvalue weighted by molar-refractivity contribution is -0.140. The van der Waals surface area contributed by atoms with Gasteiger partial charge in [-0.15, -0.1) is 0 Å². The van der Waals surface area contributed by atoms with E-state index in [4.69, 9.17) is 4.74 Å². The molecule has 22 heavy (non-hydrogen) atoms. The Bertz CT molecular complexity index is 509. The molecule has 3 rings (SSSR count). The summed E-state index contributed by atoms with van der Waals surface area (Å²) in [5.74, 6) is 0.292. The van der Waals surface area contributed by atoms with E-state index in [1.54, 1.807) is 0 Å². The molecule has 0 aliphatic carbocycles. The predicted octanol–water partition coefficient (Wildman–Crippen LogP) is 3.51. The average molecular weight is 299 g/mol. The Morgan fingerprint density at radius 2 is 1.95 bits per heavy atom. The van der Waals surface area contributed by atoms with Gasteiger partial charge in [-0.1, -0.05) is 36.8 Å². The summed E-state index contributed by atoms with van der Waals surface area (Å²) in [6.45, 7) is 3.02. The van der Waals surface area contributed by atoms with E-state index >= 15 is 0 Å². The molecular formula is C19H25NO2. The zero-order chi connectivity index (χ0) is 15.2. The second-order valence-electron chi connectivity index (χ2n) is 6.38. The monoisotopic (exact) mass is 299 g/mol. The molecule has 2 heterocycles. The van der Waals surface area contributed by atoms with Crippen molar-refractivity contribution in [3.05, 3.63) is 42.0 Å². The number of piperidine rings is 2. The highest BCUT2D eigenvalue weighted by Crippen LogP contribution is 2.30. The van der Waals surface area contributed by atoms with E-state index in [2.05, 4.69) is 4.90 Å². The van der Waals surface area contributed by atoms with Gasteiger partial charge in [0.05, 0.1) is 6.61 Å². The number of benzene rings is 1. The maximum Gasteiger partial charge on any atom is 0.330 e.